The van der Waals surface area contributed by atoms with Crippen molar-refractivity contribution in [2.24, 2.45) is 0 Å². The fourth-order valence-corrected chi connectivity index (χ4v) is 5.62. The van der Waals surface area contributed by atoms with Crippen molar-refractivity contribution in [3.8, 4) is 0 Å². The standard InChI is InChI=1S/C35H35F3O8S/c36-35(37,38)47(39,40)46-31-30(25-41-21-26-13-5-1-6-14-26)45-34(44-24-29-19-11-4-12-20-29)33(43-23-28-17-9-3-10-18-28)32(31)42-22-27-15-7-2-8-16-27/h1-20,30-34H,21-25H2. The third kappa shape index (κ3) is 9.94. The molecule has 1 heterocycles. The SMILES string of the molecule is O=S(=O)(OC1C(COCc2ccccc2)OC(OCc2ccccc2)C(OCc2ccccc2)C1OCc1ccccc1)C(F)(F)F. The lowest BCUT2D eigenvalue weighted by Crippen LogP contribution is -2.62. The molecule has 0 N–H and O–H groups in total. The van der Waals surface area contributed by atoms with Gasteiger partial charge in [0.05, 0.1) is 33.0 Å². The molecule has 1 fully saturated rings. The van der Waals surface area contributed by atoms with Gasteiger partial charge in [-0.2, -0.15) is 21.6 Å². The second kappa shape index (κ2) is 16.5. The van der Waals surface area contributed by atoms with Gasteiger partial charge in [-0.15, -0.1) is 0 Å². The first kappa shape index (κ1) is 34.7. The largest absolute Gasteiger partial charge is 0.523 e. The van der Waals surface area contributed by atoms with Crippen LogP contribution in [0.3, 0.4) is 0 Å². The van der Waals surface area contributed by atoms with E-state index in [9.17, 15) is 21.6 Å². The van der Waals surface area contributed by atoms with Crippen molar-refractivity contribution in [2.75, 3.05) is 6.61 Å². The highest BCUT2D eigenvalue weighted by Gasteiger charge is 2.55. The van der Waals surface area contributed by atoms with Crippen LogP contribution in [0.25, 0.3) is 0 Å². The van der Waals surface area contributed by atoms with Crippen LogP contribution in [0.4, 0.5) is 13.2 Å². The molecule has 0 spiro atoms. The molecule has 0 aromatic heterocycles. The molecule has 12 heteroatoms. The normalized spacial score (nSPS) is 21.8. The number of hydrogen-bond donors (Lipinski definition) is 0. The van der Waals surface area contributed by atoms with Gasteiger partial charge >= 0.3 is 15.6 Å². The molecule has 1 aliphatic rings. The highest BCUT2D eigenvalue weighted by molar-refractivity contribution is 7.87. The molecule has 1 aliphatic heterocycles. The Morgan fingerprint density at radius 3 is 1.40 bits per heavy atom. The van der Waals surface area contributed by atoms with E-state index in [2.05, 4.69) is 0 Å². The number of ether oxygens (including phenoxy) is 5. The Balaban J connectivity index is 1.49. The van der Waals surface area contributed by atoms with Crippen LogP contribution in [0, 0.1) is 0 Å². The van der Waals surface area contributed by atoms with E-state index in [1.165, 1.54) is 0 Å². The highest BCUT2D eigenvalue weighted by atomic mass is 32.2. The molecule has 1 saturated heterocycles. The summed E-state index contributed by atoms with van der Waals surface area (Å²) in [5, 5.41) is 0. The quantitative estimate of drug-likeness (QED) is 0.104. The molecule has 0 aliphatic carbocycles. The van der Waals surface area contributed by atoms with Gasteiger partial charge in [-0.05, 0) is 22.3 Å². The number of rotatable bonds is 15. The van der Waals surface area contributed by atoms with E-state index in [4.69, 9.17) is 27.9 Å². The monoisotopic (exact) mass is 672 g/mol. The Kier molecular flexibility index (Phi) is 12.2. The second-order valence-electron chi connectivity index (χ2n) is 10.8. The topological polar surface area (TPSA) is 89.5 Å². The molecule has 0 radical (unpaired) electrons. The van der Waals surface area contributed by atoms with E-state index in [0.29, 0.717) is 5.56 Å². The van der Waals surface area contributed by atoms with Gasteiger partial charge in [0.25, 0.3) is 0 Å². The molecule has 5 unspecified atom stereocenters. The first-order valence-electron chi connectivity index (χ1n) is 14.9. The number of hydrogen-bond acceptors (Lipinski definition) is 8. The van der Waals surface area contributed by atoms with Crippen LogP contribution in [0.2, 0.25) is 0 Å². The van der Waals surface area contributed by atoms with Crippen molar-refractivity contribution in [2.45, 2.75) is 62.6 Å². The van der Waals surface area contributed by atoms with E-state index in [1.54, 1.807) is 30.3 Å². The number of alkyl halides is 3. The summed E-state index contributed by atoms with van der Waals surface area (Å²) in [7, 11) is -6.10. The van der Waals surface area contributed by atoms with E-state index < -0.39 is 46.3 Å². The summed E-state index contributed by atoms with van der Waals surface area (Å²) in [4.78, 5) is 0. The summed E-state index contributed by atoms with van der Waals surface area (Å²) >= 11 is 0. The van der Waals surface area contributed by atoms with Gasteiger partial charge in [-0.25, -0.2) is 0 Å². The minimum absolute atomic E-state index is 0.000818. The molecule has 5 atom stereocenters. The van der Waals surface area contributed by atoms with Gasteiger partial charge in [-0.1, -0.05) is 121 Å². The zero-order chi connectivity index (χ0) is 33.1. The molecule has 0 saturated carbocycles. The van der Waals surface area contributed by atoms with Crippen LogP contribution >= 0.6 is 0 Å². The molecule has 47 heavy (non-hydrogen) atoms. The maximum atomic E-state index is 13.7. The average Bonchev–Trinajstić information content (AvgIpc) is 3.08. The molecule has 0 amide bonds. The summed E-state index contributed by atoms with van der Waals surface area (Å²) in [6.07, 6.45) is -7.02. The fraction of sp³-hybridized carbons (Fsp3) is 0.314. The molecule has 250 valence electrons. The minimum atomic E-state index is -6.10. The molecule has 8 nitrogen and oxygen atoms in total. The highest BCUT2D eigenvalue weighted by Crippen LogP contribution is 2.35. The van der Waals surface area contributed by atoms with Crippen LogP contribution in [0.1, 0.15) is 22.3 Å². The Morgan fingerprint density at radius 2 is 0.957 bits per heavy atom. The van der Waals surface area contributed by atoms with Crippen molar-refractivity contribution in [3.05, 3.63) is 144 Å². The Morgan fingerprint density at radius 1 is 0.553 bits per heavy atom. The first-order chi connectivity index (χ1) is 22.7. The van der Waals surface area contributed by atoms with Crippen LogP contribution in [-0.4, -0.2) is 51.2 Å². The van der Waals surface area contributed by atoms with Crippen molar-refractivity contribution < 1.29 is 49.5 Å². The summed E-state index contributed by atoms with van der Waals surface area (Å²) in [6, 6.07) is 36.3. The predicted molar refractivity (Wildman–Crippen MR) is 166 cm³/mol. The summed E-state index contributed by atoms with van der Waals surface area (Å²) < 4.78 is 102. The summed E-state index contributed by atoms with van der Waals surface area (Å²) in [5.41, 5.74) is -2.66. The first-order valence-corrected chi connectivity index (χ1v) is 16.3. The van der Waals surface area contributed by atoms with E-state index in [-0.39, 0.29) is 33.0 Å². The van der Waals surface area contributed by atoms with Crippen molar-refractivity contribution in [3.63, 3.8) is 0 Å². The van der Waals surface area contributed by atoms with Gasteiger partial charge < -0.3 is 23.7 Å². The molecule has 0 bridgehead atoms. The Labute approximate surface area is 272 Å². The third-order valence-corrected chi connectivity index (χ3v) is 8.38. The van der Waals surface area contributed by atoms with Gasteiger partial charge in [0, 0.05) is 0 Å². The van der Waals surface area contributed by atoms with Crippen molar-refractivity contribution in [1.82, 2.24) is 0 Å². The summed E-state index contributed by atoms with van der Waals surface area (Å²) in [6.45, 7) is -0.288. The molecule has 4 aromatic rings. The zero-order valence-corrected chi connectivity index (χ0v) is 26.1. The predicted octanol–water partition coefficient (Wildman–Crippen LogP) is 6.55. The molecule has 4 aromatic carbocycles. The average molecular weight is 673 g/mol. The summed E-state index contributed by atoms with van der Waals surface area (Å²) in [5.74, 6) is 0. The number of halogens is 3. The number of benzene rings is 4. The van der Waals surface area contributed by atoms with E-state index in [0.717, 1.165) is 16.7 Å². The van der Waals surface area contributed by atoms with E-state index in [1.807, 2.05) is 91.0 Å². The lowest BCUT2D eigenvalue weighted by molar-refractivity contribution is -0.320. The lowest BCUT2D eigenvalue weighted by atomic mass is 9.98. The fourth-order valence-electron chi connectivity index (χ4n) is 4.98. The van der Waals surface area contributed by atoms with E-state index >= 15 is 0 Å². The molecular formula is C35H35F3O8S. The van der Waals surface area contributed by atoms with Crippen molar-refractivity contribution >= 4 is 10.1 Å². The van der Waals surface area contributed by atoms with Crippen LogP contribution in [0.15, 0.2) is 121 Å². The van der Waals surface area contributed by atoms with Crippen LogP contribution < -0.4 is 0 Å². The smallest absolute Gasteiger partial charge is 0.374 e. The second-order valence-corrected chi connectivity index (χ2v) is 12.4. The van der Waals surface area contributed by atoms with Gasteiger partial charge in [0.2, 0.25) is 0 Å². The molecule has 5 rings (SSSR count). The van der Waals surface area contributed by atoms with Gasteiger partial charge in [0.1, 0.15) is 24.4 Å². The maximum Gasteiger partial charge on any atom is 0.523 e. The zero-order valence-electron chi connectivity index (χ0n) is 25.3. The van der Waals surface area contributed by atoms with Gasteiger partial charge in [-0.3, -0.25) is 4.18 Å². The molecular weight excluding hydrogens is 637 g/mol. The lowest BCUT2D eigenvalue weighted by Gasteiger charge is -2.45. The third-order valence-electron chi connectivity index (χ3n) is 7.33. The van der Waals surface area contributed by atoms with Crippen molar-refractivity contribution in [1.29, 1.82) is 0 Å². The Bertz CT molecular complexity index is 1590. The van der Waals surface area contributed by atoms with Crippen LogP contribution in [-0.2, 0) is 64.4 Å². The van der Waals surface area contributed by atoms with Crippen LogP contribution in [0.5, 0.6) is 0 Å². The Hall–Kier alpha value is -3.62. The van der Waals surface area contributed by atoms with Gasteiger partial charge in [0.15, 0.2) is 6.29 Å². The minimum Gasteiger partial charge on any atom is -0.374 e. The maximum absolute atomic E-state index is 13.7.